The molecular formula is C16H26FN3O2. The van der Waals surface area contributed by atoms with E-state index in [1.165, 1.54) is 6.07 Å². The predicted octanol–water partition coefficient (Wildman–Crippen LogP) is 2.29. The summed E-state index contributed by atoms with van der Waals surface area (Å²) < 4.78 is 19.0. The zero-order valence-electron chi connectivity index (χ0n) is 13.9. The van der Waals surface area contributed by atoms with Gasteiger partial charge in [-0.3, -0.25) is 0 Å². The second-order valence-corrected chi connectivity index (χ2v) is 6.53. The molecule has 0 heterocycles. The van der Waals surface area contributed by atoms with Gasteiger partial charge in [-0.1, -0.05) is 6.07 Å². The third kappa shape index (κ3) is 6.30. The van der Waals surface area contributed by atoms with Crippen LogP contribution in [-0.4, -0.2) is 38.4 Å². The SMILES string of the molecule is CN(C)c1ccc(CC(N)CNC(=O)OC(C)(C)C)cc1F. The van der Waals surface area contributed by atoms with Crippen LogP contribution in [0.4, 0.5) is 14.9 Å². The predicted molar refractivity (Wildman–Crippen MR) is 86.6 cm³/mol. The average molecular weight is 311 g/mol. The van der Waals surface area contributed by atoms with Crippen molar-refractivity contribution in [3.63, 3.8) is 0 Å². The van der Waals surface area contributed by atoms with Crippen LogP contribution in [0.1, 0.15) is 26.3 Å². The summed E-state index contributed by atoms with van der Waals surface area (Å²) in [5, 5.41) is 2.62. The molecule has 22 heavy (non-hydrogen) atoms. The Morgan fingerprint density at radius 3 is 2.55 bits per heavy atom. The summed E-state index contributed by atoms with van der Waals surface area (Å²) in [7, 11) is 3.57. The molecule has 6 heteroatoms. The van der Waals surface area contributed by atoms with Crippen LogP contribution in [0.3, 0.4) is 0 Å². The normalized spacial score (nSPS) is 12.7. The maximum Gasteiger partial charge on any atom is 0.407 e. The lowest BCUT2D eigenvalue weighted by Gasteiger charge is -2.21. The summed E-state index contributed by atoms with van der Waals surface area (Å²) in [5.41, 5.74) is 6.75. The number of nitrogens with zero attached hydrogens (tertiary/aromatic N) is 1. The highest BCUT2D eigenvalue weighted by Crippen LogP contribution is 2.18. The fourth-order valence-electron chi connectivity index (χ4n) is 1.94. The zero-order valence-corrected chi connectivity index (χ0v) is 13.9. The van der Waals surface area contributed by atoms with E-state index >= 15 is 0 Å². The van der Waals surface area contributed by atoms with E-state index in [-0.39, 0.29) is 18.4 Å². The molecule has 0 aromatic heterocycles. The number of ether oxygens (including phenoxy) is 1. The van der Waals surface area contributed by atoms with Crippen molar-refractivity contribution in [3.05, 3.63) is 29.6 Å². The van der Waals surface area contributed by atoms with Gasteiger partial charge >= 0.3 is 6.09 Å². The molecule has 0 aliphatic heterocycles. The Kier molecular flexibility index (Phi) is 6.17. The number of nitrogens with one attached hydrogen (secondary N) is 1. The fraction of sp³-hybridized carbons (Fsp3) is 0.562. The number of alkyl carbamates (subject to hydrolysis) is 1. The van der Waals surface area contributed by atoms with E-state index in [1.54, 1.807) is 45.8 Å². The first-order valence-corrected chi connectivity index (χ1v) is 7.26. The van der Waals surface area contributed by atoms with Gasteiger partial charge in [0.1, 0.15) is 11.4 Å². The highest BCUT2D eigenvalue weighted by atomic mass is 19.1. The fourth-order valence-corrected chi connectivity index (χ4v) is 1.94. The number of rotatable bonds is 5. The highest BCUT2D eigenvalue weighted by Gasteiger charge is 2.16. The summed E-state index contributed by atoms with van der Waals surface area (Å²) in [6.45, 7) is 5.65. The molecule has 0 aliphatic carbocycles. The van der Waals surface area contributed by atoms with Crippen molar-refractivity contribution in [1.29, 1.82) is 0 Å². The van der Waals surface area contributed by atoms with Gasteiger partial charge in [-0.05, 0) is 44.9 Å². The summed E-state index contributed by atoms with van der Waals surface area (Å²) in [4.78, 5) is 13.2. The number of carbonyl (C=O) groups is 1. The molecule has 1 aromatic rings. The number of hydrogen-bond donors (Lipinski definition) is 2. The van der Waals surface area contributed by atoms with Gasteiger partial charge in [0.25, 0.3) is 0 Å². The molecule has 0 radical (unpaired) electrons. The average Bonchev–Trinajstić information content (AvgIpc) is 2.34. The quantitative estimate of drug-likeness (QED) is 0.875. The van der Waals surface area contributed by atoms with Crippen LogP contribution in [0.25, 0.3) is 0 Å². The Morgan fingerprint density at radius 2 is 2.05 bits per heavy atom. The van der Waals surface area contributed by atoms with E-state index in [4.69, 9.17) is 10.5 Å². The minimum Gasteiger partial charge on any atom is -0.444 e. The molecule has 1 unspecified atom stereocenters. The summed E-state index contributed by atoms with van der Waals surface area (Å²) in [6.07, 6.45) is -0.0301. The summed E-state index contributed by atoms with van der Waals surface area (Å²) in [5.74, 6) is -0.283. The molecule has 0 aliphatic rings. The molecule has 1 amide bonds. The molecule has 124 valence electrons. The molecule has 0 fully saturated rings. The molecule has 3 N–H and O–H groups in total. The maximum atomic E-state index is 13.9. The molecule has 0 saturated heterocycles. The van der Waals surface area contributed by atoms with Crippen LogP contribution in [-0.2, 0) is 11.2 Å². The molecule has 1 atom stereocenters. The van der Waals surface area contributed by atoms with E-state index in [1.807, 2.05) is 6.07 Å². The zero-order chi connectivity index (χ0) is 16.9. The minimum atomic E-state index is -0.542. The van der Waals surface area contributed by atoms with Crippen LogP contribution in [0.2, 0.25) is 0 Å². The van der Waals surface area contributed by atoms with E-state index < -0.39 is 11.7 Å². The van der Waals surface area contributed by atoms with E-state index in [9.17, 15) is 9.18 Å². The lowest BCUT2D eigenvalue weighted by Crippen LogP contribution is -2.41. The monoisotopic (exact) mass is 311 g/mol. The number of hydrogen-bond acceptors (Lipinski definition) is 4. The number of anilines is 1. The van der Waals surface area contributed by atoms with Gasteiger partial charge in [0.2, 0.25) is 0 Å². The second-order valence-electron chi connectivity index (χ2n) is 6.53. The van der Waals surface area contributed by atoms with Crippen LogP contribution < -0.4 is 16.0 Å². The van der Waals surface area contributed by atoms with Crippen molar-refractivity contribution < 1.29 is 13.9 Å². The molecule has 5 nitrogen and oxygen atoms in total. The molecule has 1 rings (SSSR count). The Hall–Kier alpha value is -1.82. The van der Waals surface area contributed by atoms with Crippen molar-refractivity contribution in [3.8, 4) is 0 Å². The maximum absolute atomic E-state index is 13.9. The van der Waals surface area contributed by atoms with Crippen LogP contribution >= 0.6 is 0 Å². The number of halogens is 1. The first-order valence-electron chi connectivity index (χ1n) is 7.26. The van der Waals surface area contributed by atoms with Gasteiger partial charge in [-0.2, -0.15) is 0 Å². The van der Waals surface area contributed by atoms with Crippen LogP contribution in [0.5, 0.6) is 0 Å². The van der Waals surface area contributed by atoms with Crippen LogP contribution in [0, 0.1) is 5.82 Å². The standard InChI is InChI=1S/C16H26FN3O2/c1-16(2,3)22-15(21)19-10-12(18)8-11-6-7-14(20(4)5)13(17)9-11/h6-7,9,12H,8,10,18H2,1-5H3,(H,19,21). The Bertz CT molecular complexity index is 513. The van der Waals surface area contributed by atoms with Crippen molar-refractivity contribution in [2.45, 2.75) is 38.8 Å². The van der Waals surface area contributed by atoms with Gasteiger partial charge in [0.05, 0.1) is 5.69 Å². The minimum absolute atomic E-state index is 0.270. The highest BCUT2D eigenvalue weighted by molar-refractivity contribution is 5.67. The van der Waals surface area contributed by atoms with Crippen LogP contribution in [0.15, 0.2) is 18.2 Å². The van der Waals surface area contributed by atoms with Gasteiger partial charge in [0, 0.05) is 26.7 Å². The summed E-state index contributed by atoms with van der Waals surface area (Å²) >= 11 is 0. The molecule has 1 aromatic carbocycles. The Morgan fingerprint density at radius 1 is 1.41 bits per heavy atom. The van der Waals surface area contributed by atoms with E-state index in [0.29, 0.717) is 12.1 Å². The first kappa shape index (κ1) is 18.2. The van der Waals surface area contributed by atoms with E-state index in [0.717, 1.165) is 5.56 Å². The van der Waals surface area contributed by atoms with Gasteiger partial charge in [-0.15, -0.1) is 0 Å². The van der Waals surface area contributed by atoms with Gasteiger partial charge < -0.3 is 20.7 Å². The molecule has 0 bridgehead atoms. The van der Waals surface area contributed by atoms with E-state index in [2.05, 4.69) is 5.32 Å². The third-order valence-corrected chi connectivity index (χ3v) is 2.90. The summed E-state index contributed by atoms with van der Waals surface area (Å²) in [6, 6.07) is 4.73. The molecular weight excluding hydrogens is 285 g/mol. The van der Waals surface area contributed by atoms with Crippen molar-refractivity contribution in [2.24, 2.45) is 5.73 Å². The lowest BCUT2D eigenvalue weighted by molar-refractivity contribution is 0.0524. The smallest absolute Gasteiger partial charge is 0.407 e. The number of carbonyl (C=O) groups excluding carboxylic acids is 1. The number of benzene rings is 1. The lowest BCUT2D eigenvalue weighted by atomic mass is 10.1. The van der Waals surface area contributed by atoms with Crippen molar-refractivity contribution in [2.75, 3.05) is 25.5 Å². The van der Waals surface area contributed by atoms with Crippen molar-refractivity contribution in [1.82, 2.24) is 5.32 Å². The first-order chi connectivity index (χ1) is 10.1. The van der Waals surface area contributed by atoms with Gasteiger partial charge in [-0.25, -0.2) is 9.18 Å². The number of nitrogens with two attached hydrogens (primary N) is 1. The van der Waals surface area contributed by atoms with Gasteiger partial charge in [0.15, 0.2) is 0 Å². The Balaban J connectivity index is 2.50. The molecule has 0 spiro atoms. The topological polar surface area (TPSA) is 67.6 Å². The molecule has 0 saturated carbocycles. The Labute approximate surface area is 131 Å². The second kappa shape index (κ2) is 7.45. The third-order valence-electron chi connectivity index (χ3n) is 2.90. The largest absolute Gasteiger partial charge is 0.444 e. The van der Waals surface area contributed by atoms with Crippen molar-refractivity contribution >= 4 is 11.8 Å². The number of amides is 1.